The Balaban J connectivity index is 0.000000156. The lowest BCUT2D eigenvalue weighted by atomic mass is 9.91. The average molecular weight is 461 g/mol. The molecule has 0 aromatic heterocycles. The van der Waals surface area contributed by atoms with Crippen molar-refractivity contribution >= 4 is 39.6 Å². The molecule has 2 aliphatic carbocycles. The van der Waals surface area contributed by atoms with Gasteiger partial charge in [0.25, 0.3) is 0 Å². The van der Waals surface area contributed by atoms with E-state index in [9.17, 15) is 14.7 Å². The Morgan fingerprint density at radius 2 is 1.56 bits per heavy atom. The number of alkyl halides is 1. The lowest BCUT2D eigenvalue weighted by Crippen LogP contribution is -2.95. The fraction of sp³-hybridized carbons (Fsp3) is 0.900. The first kappa shape index (κ1) is 21.4. The number of amides is 1. The van der Waals surface area contributed by atoms with Crippen LogP contribution in [0.2, 0.25) is 0 Å². The molecule has 2 saturated carbocycles. The van der Waals surface area contributed by atoms with E-state index in [2.05, 4.69) is 21.2 Å². The highest BCUT2D eigenvalue weighted by atomic mass is 79.9. The quantitative estimate of drug-likeness (QED) is 0.514. The topological polar surface area (TPSA) is 77.0 Å². The Labute approximate surface area is 175 Å². The summed E-state index contributed by atoms with van der Waals surface area (Å²) in [5, 5.41) is 13.6. The van der Waals surface area contributed by atoms with Crippen LogP contribution < -0.4 is 10.4 Å². The van der Waals surface area contributed by atoms with Gasteiger partial charge in [-0.15, -0.1) is 11.8 Å². The standard InChI is InChI=1S/C12H23N.C8H10BrNO3S/c1-3-7-11(8-4-1)13-12-9-5-2-6-10-12;1-8(2)4(7(12)13)10-5(11)3(9)6(10)14-8/h11-13H,1-10H2;3-4,6H,1-2H3,(H,12,13)/t;3-,4+,6-/m.0/s1. The van der Waals surface area contributed by atoms with E-state index < -0.39 is 16.8 Å². The molecule has 154 valence electrons. The maximum Gasteiger partial charge on any atom is 0.240 e. The number of aliphatic carboxylic acids is 1. The number of β-lactam (4-membered cyclic amide) rings is 1. The number of halogens is 1. The Morgan fingerprint density at radius 3 is 2.00 bits per heavy atom. The summed E-state index contributed by atoms with van der Waals surface area (Å²) in [6.45, 7) is 3.65. The van der Waals surface area contributed by atoms with Crippen LogP contribution in [0.4, 0.5) is 0 Å². The molecule has 0 bridgehead atoms. The molecule has 3 atom stereocenters. The van der Waals surface area contributed by atoms with Crippen molar-refractivity contribution in [1.82, 2.24) is 4.90 Å². The Kier molecular flexibility index (Phi) is 7.18. The van der Waals surface area contributed by atoms with Crippen LogP contribution >= 0.6 is 27.7 Å². The van der Waals surface area contributed by atoms with Gasteiger partial charge in [-0.2, -0.15) is 0 Å². The van der Waals surface area contributed by atoms with E-state index >= 15 is 0 Å². The van der Waals surface area contributed by atoms with Gasteiger partial charge in [-0.25, -0.2) is 0 Å². The fourth-order valence-electron chi connectivity index (χ4n) is 4.99. The van der Waals surface area contributed by atoms with E-state index in [4.69, 9.17) is 0 Å². The molecule has 0 aromatic carbocycles. The van der Waals surface area contributed by atoms with Crippen molar-refractivity contribution in [1.29, 1.82) is 0 Å². The van der Waals surface area contributed by atoms with E-state index in [0.29, 0.717) is 0 Å². The zero-order valence-corrected chi connectivity index (χ0v) is 18.9. The smallest absolute Gasteiger partial charge is 0.240 e. The summed E-state index contributed by atoms with van der Waals surface area (Å²) in [4.78, 5) is 23.5. The van der Waals surface area contributed by atoms with Crippen LogP contribution in [0, 0.1) is 0 Å². The van der Waals surface area contributed by atoms with Crippen LogP contribution in [0.5, 0.6) is 0 Å². The number of hydrogen-bond donors (Lipinski definition) is 1. The number of carbonyl (C=O) groups excluding carboxylic acids is 2. The molecule has 0 spiro atoms. The number of thioether (sulfide) groups is 1. The van der Waals surface area contributed by atoms with Gasteiger partial charge < -0.3 is 20.1 Å². The van der Waals surface area contributed by atoms with Gasteiger partial charge in [0.2, 0.25) is 5.91 Å². The molecule has 2 heterocycles. The van der Waals surface area contributed by atoms with Crippen LogP contribution in [-0.2, 0) is 9.59 Å². The fourth-order valence-corrected chi connectivity index (χ4v) is 7.34. The second kappa shape index (κ2) is 9.04. The average Bonchev–Trinajstić information content (AvgIpc) is 2.92. The van der Waals surface area contributed by atoms with Crippen LogP contribution in [0.3, 0.4) is 0 Å². The predicted octanol–water partition coefficient (Wildman–Crippen LogP) is 1.78. The number of carbonyl (C=O) groups is 2. The van der Waals surface area contributed by atoms with Crippen LogP contribution in [0.25, 0.3) is 0 Å². The first-order valence-corrected chi connectivity index (χ1v) is 12.3. The number of rotatable bonds is 3. The molecule has 4 rings (SSSR count). The monoisotopic (exact) mass is 460 g/mol. The van der Waals surface area contributed by atoms with Gasteiger partial charge >= 0.3 is 0 Å². The molecule has 27 heavy (non-hydrogen) atoms. The number of nitrogens with two attached hydrogens (primary N) is 1. The van der Waals surface area contributed by atoms with Gasteiger partial charge in [-0.3, -0.25) is 4.79 Å². The number of carboxylic acids is 1. The SMILES string of the molecule is C1CCC([NH2+]C2CCCCC2)CC1.CC1(C)S[C@H]2[C@@H](Br)C(=O)N2[C@@H]1C(=O)[O-]. The van der Waals surface area contributed by atoms with Gasteiger partial charge in [0, 0.05) is 4.75 Å². The number of nitrogens with zero attached hydrogens (tertiary/aromatic N) is 1. The van der Waals surface area contributed by atoms with E-state index in [1.54, 1.807) is 0 Å². The second-order valence-electron chi connectivity index (χ2n) is 8.97. The predicted molar refractivity (Wildman–Crippen MR) is 109 cm³/mol. The van der Waals surface area contributed by atoms with E-state index in [1.165, 1.54) is 80.9 Å². The van der Waals surface area contributed by atoms with Crippen molar-refractivity contribution in [2.75, 3.05) is 0 Å². The van der Waals surface area contributed by atoms with Crippen molar-refractivity contribution in [3.05, 3.63) is 0 Å². The molecule has 4 fully saturated rings. The highest BCUT2D eigenvalue weighted by molar-refractivity contribution is 9.10. The maximum absolute atomic E-state index is 11.4. The molecular weight excluding hydrogens is 428 g/mol. The molecule has 2 N–H and O–H groups in total. The third kappa shape index (κ3) is 4.84. The molecule has 0 unspecified atom stereocenters. The van der Waals surface area contributed by atoms with Crippen LogP contribution in [0.15, 0.2) is 0 Å². The molecule has 2 aliphatic heterocycles. The van der Waals surface area contributed by atoms with E-state index in [0.717, 1.165) is 12.1 Å². The van der Waals surface area contributed by atoms with Gasteiger partial charge in [0.1, 0.15) is 10.2 Å². The lowest BCUT2D eigenvalue weighted by Gasteiger charge is -2.42. The van der Waals surface area contributed by atoms with Gasteiger partial charge in [0.15, 0.2) is 0 Å². The lowest BCUT2D eigenvalue weighted by molar-refractivity contribution is -0.725. The molecule has 1 amide bonds. The molecular formula is C20H33BrN2O3S. The Bertz CT molecular complexity index is 531. The number of fused-ring (bicyclic) bond motifs is 1. The van der Waals surface area contributed by atoms with Crippen LogP contribution in [-0.4, -0.2) is 49.8 Å². The Hall–Kier alpha value is -0.270. The molecule has 2 saturated heterocycles. The zero-order chi connectivity index (χ0) is 19.6. The summed E-state index contributed by atoms with van der Waals surface area (Å²) in [7, 11) is 0. The summed E-state index contributed by atoms with van der Waals surface area (Å²) < 4.78 is -0.471. The summed E-state index contributed by atoms with van der Waals surface area (Å²) in [5.74, 6) is -1.32. The van der Waals surface area contributed by atoms with Crippen molar-refractivity contribution in [2.45, 2.75) is 111 Å². The summed E-state index contributed by atoms with van der Waals surface area (Å²) >= 11 is 4.74. The third-order valence-electron chi connectivity index (χ3n) is 6.44. The number of quaternary nitrogens is 1. The summed E-state index contributed by atoms with van der Waals surface area (Å²) in [6, 6.07) is 1.19. The minimum Gasteiger partial charge on any atom is -0.548 e. The van der Waals surface area contributed by atoms with Crippen molar-refractivity contribution in [2.24, 2.45) is 0 Å². The second-order valence-corrected chi connectivity index (χ2v) is 11.7. The first-order valence-electron chi connectivity index (χ1n) is 10.5. The van der Waals surface area contributed by atoms with E-state index in [1.807, 2.05) is 13.8 Å². The van der Waals surface area contributed by atoms with Crippen molar-refractivity contribution in [3.8, 4) is 0 Å². The van der Waals surface area contributed by atoms with E-state index in [-0.39, 0.29) is 16.1 Å². The van der Waals surface area contributed by atoms with Gasteiger partial charge in [-0.1, -0.05) is 28.8 Å². The molecule has 0 aromatic rings. The molecule has 0 radical (unpaired) electrons. The minimum absolute atomic E-state index is 0.0552. The molecule has 4 aliphatic rings. The Morgan fingerprint density at radius 1 is 1.07 bits per heavy atom. The van der Waals surface area contributed by atoms with Crippen molar-refractivity contribution in [3.63, 3.8) is 0 Å². The van der Waals surface area contributed by atoms with Gasteiger partial charge in [-0.05, 0) is 65.2 Å². The zero-order valence-electron chi connectivity index (χ0n) is 16.5. The normalized spacial score (nSPS) is 33.7. The van der Waals surface area contributed by atoms with Crippen LogP contribution in [0.1, 0.15) is 78.1 Å². The molecule has 7 heteroatoms. The largest absolute Gasteiger partial charge is 0.548 e. The summed E-state index contributed by atoms with van der Waals surface area (Å²) in [6.07, 6.45) is 15.0. The third-order valence-corrected chi connectivity index (χ3v) is 9.26. The first-order chi connectivity index (χ1) is 12.8. The number of carboxylic acid groups (broad SMARTS) is 1. The summed E-state index contributed by atoms with van der Waals surface area (Å²) in [5.41, 5.74) is 0. The highest BCUT2D eigenvalue weighted by Crippen LogP contribution is 2.52. The van der Waals surface area contributed by atoms with Crippen molar-refractivity contribution < 1.29 is 20.0 Å². The number of hydrogen-bond acceptors (Lipinski definition) is 4. The van der Waals surface area contributed by atoms with Gasteiger partial charge in [0.05, 0.1) is 24.1 Å². The molecule has 5 nitrogen and oxygen atoms in total. The maximum atomic E-state index is 11.4. The highest BCUT2D eigenvalue weighted by Gasteiger charge is 2.60. The minimum atomic E-state index is -1.17.